The first kappa shape index (κ1) is 29.6. The number of nitrogens with zero attached hydrogens (tertiary/aromatic N) is 2. The molecule has 2 heterocycles. The molecule has 5 nitrogen and oxygen atoms in total. The summed E-state index contributed by atoms with van der Waals surface area (Å²) in [5, 5.41) is 4.63. The van der Waals surface area contributed by atoms with E-state index in [1.54, 1.807) is 6.92 Å². The molecule has 0 N–H and O–H groups in total. The van der Waals surface area contributed by atoms with Crippen LogP contribution in [-0.4, -0.2) is 40.8 Å². The molecule has 0 bridgehead atoms. The van der Waals surface area contributed by atoms with Gasteiger partial charge < -0.3 is 4.52 Å². The highest BCUT2D eigenvalue weighted by atomic mass is 35.5. The molecule has 41 heavy (non-hydrogen) atoms. The number of ketones is 2. The minimum absolute atomic E-state index is 0.0516. The van der Waals surface area contributed by atoms with Crippen LogP contribution < -0.4 is 0 Å². The first-order valence-electron chi connectivity index (χ1n) is 14.4. The van der Waals surface area contributed by atoms with Crippen LogP contribution in [0.2, 0.25) is 5.02 Å². The Morgan fingerprint density at radius 2 is 1.80 bits per heavy atom. The van der Waals surface area contributed by atoms with Crippen molar-refractivity contribution in [3.05, 3.63) is 75.9 Å². The van der Waals surface area contributed by atoms with Gasteiger partial charge in [-0.25, -0.2) is 8.78 Å². The van der Waals surface area contributed by atoms with E-state index < -0.39 is 22.5 Å². The van der Waals surface area contributed by atoms with Crippen LogP contribution in [0.5, 0.6) is 0 Å². The Morgan fingerprint density at radius 3 is 2.49 bits per heavy atom. The van der Waals surface area contributed by atoms with E-state index in [0.717, 1.165) is 30.5 Å². The van der Waals surface area contributed by atoms with Crippen LogP contribution in [0.4, 0.5) is 8.78 Å². The number of halogens is 3. The van der Waals surface area contributed by atoms with E-state index in [9.17, 15) is 18.4 Å². The summed E-state index contributed by atoms with van der Waals surface area (Å²) in [5.74, 6) is -1.49. The molecule has 1 saturated carbocycles. The van der Waals surface area contributed by atoms with Crippen LogP contribution in [0.25, 0.3) is 11.3 Å². The number of benzene rings is 2. The molecule has 0 atom stereocenters. The molecule has 1 aliphatic heterocycles. The molecule has 8 heteroatoms. The lowest BCUT2D eigenvalue weighted by Crippen LogP contribution is -2.61. The minimum atomic E-state index is -0.783. The predicted molar refractivity (Wildman–Crippen MR) is 155 cm³/mol. The van der Waals surface area contributed by atoms with Crippen LogP contribution in [0.1, 0.15) is 86.8 Å². The third kappa shape index (κ3) is 6.46. The van der Waals surface area contributed by atoms with Gasteiger partial charge in [0.1, 0.15) is 17.4 Å². The highest BCUT2D eigenvalue weighted by Crippen LogP contribution is 2.44. The number of rotatable bonds is 10. The molecule has 1 aliphatic carbocycles. The van der Waals surface area contributed by atoms with Crippen LogP contribution in [0.15, 0.2) is 47.0 Å². The maximum atomic E-state index is 14.4. The number of carbonyl (C=O) groups is 2. The molecular formula is C33H37ClF2N2O3. The van der Waals surface area contributed by atoms with Crippen molar-refractivity contribution >= 4 is 23.2 Å². The number of hydrogen-bond acceptors (Lipinski definition) is 5. The smallest absolute Gasteiger partial charge is 0.185 e. The summed E-state index contributed by atoms with van der Waals surface area (Å²) in [6, 6.07) is 11.3. The Labute approximate surface area is 245 Å². The Balaban J connectivity index is 1.34. The molecule has 3 aromatic rings. The molecule has 2 fully saturated rings. The molecule has 0 spiro atoms. The molecule has 2 aromatic carbocycles. The molecule has 0 amide bonds. The van der Waals surface area contributed by atoms with Gasteiger partial charge in [-0.1, -0.05) is 62.0 Å². The van der Waals surface area contributed by atoms with E-state index in [0.29, 0.717) is 42.6 Å². The summed E-state index contributed by atoms with van der Waals surface area (Å²) < 4.78 is 33.3. The van der Waals surface area contributed by atoms with E-state index in [1.165, 1.54) is 25.3 Å². The lowest BCUT2D eigenvalue weighted by atomic mass is 9.68. The van der Waals surface area contributed by atoms with Gasteiger partial charge in [-0.05, 0) is 55.0 Å². The zero-order valence-electron chi connectivity index (χ0n) is 23.9. The van der Waals surface area contributed by atoms with Gasteiger partial charge in [0.25, 0.3) is 0 Å². The van der Waals surface area contributed by atoms with Crippen LogP contribution in [-0.2, 0) is 10.2 Å². The van der Waals surface area contributed by atoms with Gasteiger partial charge in [-0.3, -0.25) is 14.5 Å². The van der Waals surface area contributed by atoms with E-state index >= 15 is 0 Å². The highest BCUT2D eigenvalue weighted by molar-refractivity contribution is 6.30. The van der Waals surface area contributed by atoms with Crippen molar-refractivity contribution in [1.82, 2.24) is 10.1 Å². The maximum Gasteiger partial charge on any atom is 0.185 e. The second kappa shape index (κ2) is 11.8. The molecule has 1 aromatic heterocycles. The van der Waals surface area contributed by atoms with E-state index in [-0.39, 0.29) is 35.0 Å². The van der Waals surface area contributed by atoms with Gasteiger partial charge >= 0.3 is 0 Å². The first-order chi connectivity index (χ1) is 19.5. The standard InChI is InChI=1S/C33H37ClF2N2O3/c1-21-30(37-41-31(21)27-13-12-24(35)15-28(27)36)29(40)18-33(19-38(20-33)25-10-5-4-6-11-25)17-26(39)16-32(2,3)22-8-7-9-23(34)14-22/h7-9,12-15,25H,4-6,10-11,16-20H2,1-3H3. The monoisotopic (exact) mass is 582 g/mol. The zero-order valence-corrected chi connectivity index (χ0v) is 24.7. The lowest BCUT2D eigenvalue weighted by molar-refractivity contribution is -0.127. The zero-order chi connectivity index (χ0) is 29.4. The number of carbonyl (C=O) groups excluding carboxylic acids is 2. The number of aromatic nitrogens is 1. The lowest BCUT2D eigenvalue weighted by Gasteiger charge is -2.54. The largest absolute Gasteiger partial charge is 0.355 e. The fraction of sp³-hybridized carbons (Fsp3) is 0.485. The third-order valence-electron chi connectivity index (χ3n) is 8.88. The van der Waals surface area contributed by atoms with Crippen molar-refractivity contribution in [2.75, 3.05) is 13.1 Å². The number of likely N-dealkylation sites (tertiary alicyclic amines) is 1. The van der Waals surface area contributed by atoms with Crippen molar-refractivity contribution in [3.8, 4) is 11.3 Å². The molecule has 5 rings (SSSR count). The maximum absolute atomic E-state index is 14.4. The highest BCUT2D eigenvalue weighted by Gasteiger charge is 2.48. The summed E-state index contributed by atoms with van der Waals surface area (Å²) in [4.78, 5) is 29.7. The van der Waals surface area contributed by atoms with Gasteiger partial charge in [0.2, 0.25) is 0 Å². The van der Waals surface area contributed by atoms with Gasteiger partial charge in [0.15, 0.2) is 17.2 Å². The van der Waals surface area contributed by atoms with Gasteiger partial charge in [0, 0.05) is 60.5 Å². The van der Waals surface area contributed by atoms with Crippen molar-refractivity contribution in [2.45, 2.75) is 83.6 Å². The van der Waals surface area contributed by atoms with E-state index in [4.69, 9.17) is 16.1 Å². The minimum Gasteiger partial charge on any atom is -0.355 e. The first-order valence-corrected chi connectivity index (χ1v) is 14.8. The summed E-state index contributed by atoms with van der Waals surface area (Å²) in [6.45, 7) is 7.10. The van der Waals surface area contributed by atoms with Gasteiger partial charge in [0.05, 0.1) is 5.56 Å². The van der Waals surface area contributed by atoms with Gasteiger partial charge in [-0.2, -0.15) is 0 Å². The Hall–Kier alpha value is -2.90. The van der Waals surface area contributed by atoms with Crippen molar-refractivity contribution in [3.63, 3.8) is 0 Å². The fourth-order valence-corrected chi connectivity index (χ4v) is 6.93. The molecule has 1 saturated heterocycles. The van der Waals surface area contributed by atoms with Crippen molar-refractivity contribution in [2.24, 2.45) is 5.41 Å². The summed E-state index contributed by atoms with van der Waals surface area (Å²) >= 11 is 6.22. The predicted octanol–water partition coefficient (Wildman–Crippen LogP) is 8.12. The molecule has 0 radical (unpaired) electrons. The van der Waals surface area contributed by atoms with Crippen molar-refractivity contribution < 1.29 is 22.9 Å². The van der Waals surface area contributed by atoms with Gasteiger partial charge in [-0.15, -0.1) is 0 Å². The fourth-order valence-electron chi connectivity index (χ4n) is 6.74. The number of Topliss-reactive ketones (excluding diaryl/α,β-unsaturated/α-hetero) is 2. The van der Waals surface area contributed by atoms with Crippen molar-refractivity contribution in [1.29, 1.82) is 0 Å². The Morgan fingerprint density at radius 1 is 1.07 bits per heavy atom. The quantitative estimate of drug-likeness (QED) is 0.226. The van der Waals surface area contributed by atoms with E-state index in [2.05, 4.69) is 10.1 Å². The second-order valence-corrected chi connectivity index (χ2v) is 13.1. The molecule has 0 unspecified atom stereocenters. The average Bonchev–Trinajstić information content (AvgIpc) is 3.28. The van der Waals surface area contributed by atoms with Crippen LogP contribution >= 0.6 is 11.6 Å². The van der Waals surface area contributed by atoms with E-state index in [1.807, 2.05) is 38.1 Å². The number of hydrogen-bond donors (Lipinski definition) is 0. The molecule has 218 valence electrons. The summed E-state index contributed by atoms with van der Waals surface area (Å²) in [5.41, 5.74) is 0.688. The van der Waals surface area contributed by atoms with Crippen LogP contribution in [0.3, 0.4) is 0 Å². The second-order valence-electron chi connectivity index (χ2n) is 12.7. The third-order valence-corrected chi connectivity index (χ3v) is 9.12. The normalized spacial score (nSPS) is 17.8. The molecular weight excluding hydrogens is 546 g/mol. The SMILES string of the molecule is Cc1c(C(=O)CC2(CC(=O)CC(C)(C)c3cccc(Cl)c3)CN(C3CCCCC3)C2)noc1-c1ccc(F)cc1F. The van der Waals surface area contributed by atoms with Crippen LogP contribution in [0, 0.1) is 24.0 Å². The summed E-state index contributed by atoms with van der Waals surface area (Å²) in [7, 11) is 0. The molecule has 2 aliphatic rings. The Bertz CT molecular complexity index is 1440. The summed E-state index contributed by atoms with van der Waals surface area (Å²) in [6.07, 6.45) is 6.75. The average molecular weight is 583 g/mol. The topological polar surface area (TPSA) is 63.4 Å². The Kier molecular flexibility index (Phi) is 8.49.